The molecule has 0 amide bonds. The molecule has 3 aromatic carbocycles. The van der Waals surface area contributed by atoms with Crippen molar-refractivity contribution in [3.8, 4) is 0 Å². The summed E-state index contributed by atoms with van der Waals surface area (Å²) >= 11 is 0. The van der Waals surface area contributed by atoms with Crippen LogP contribution in [0.3, 0.4) is 0 Å². The van der Waals surface area contributed by atoms with Crippen molar-refractivity contribution in [1.29, 1.82) is 0 Å². The van der Waals surface area contributed by atoms with Crippen molar-refractivity contribution in [3.63, 3.8) is 0 Å². The van der Waals surface area contributed by atoms with Crippen LogP contribution in [0.1, 0.15) is 37.1 Å². The number of H-pyrrole nitrogens is 1. The molecule has 0 fully saturated rings. The summed E-state index contributed by atoms with van der Waals surface area (Å²) in [4.78, 5) is 8.08. The summed E-state index contributed by atoms with van der Waals surface area (Å²) in [5, 5.41) is 2.76. The lowest BCUT2D eigenvalue weighted by Gasteiger charge is -2.06. The molecule has 1 aromatic heterocycles. The summed E-state index contributed by atoms with van der Waals surface area (Å²) < 4.78 is 0. The number of fused-ring (bicyclic) bond motifs is 2. The highest BCUT2D eigenvalue weighted by Gasteiger charge is 2.03. The first-order valence-corrected chi connectivity index (χ1v) is 9.30. The van der Waals surface area contributed by atoms with Gasteiger partial charge in [-0.25, -0.2) is 4.98 Å². The fourth-order valence-electron chi connectivity index (χ4n) is 3.60. The molecule has 25 heavy (non-hydrogen) atoms. The van der Waals surface area contributed by atoms with Gasteiger partial charge in [-0.2, -0.15) is 0 Å². The lowest BCUT2D eigenvalue weighted by atomic mass is 9.99. The van der Waals surface area contributed by atoms with Gasteiger partial charge in [-0.15, -0.1) is 0 Å². The zero-order valence-electron chi connectivity index (χ0n) is 14.5. The number of hydrogen-bond acceptors (Lipinski definition) is 1. The first-order valence-electron chi connectivity index (χ1n) is 9.30. The van der Waals surface area contributed by atoms with Gasteiger partial charge in [0.1, 0.15) is 5.82 Å². The molecule has 0 spiro atoms. The molecule has 0 aliphatic rings. The van der Waals surface area contributed by atoms with E-state index in [0.29, 0.717) is 0 Å². The first-order chi connectivity index (χ1) is 12.4. The number of imidazole rings is 1. The topological polar surface area (TPSA) is 28.7 Å². The van der Waals surface area contributed by atoms with Crippen LogP contribution in [0.15, 0.2) is 66.7 Å². The van der Waals surface area contributed by atoms with Crippen LogP contribution in [0.2, 0.25) is 0 Å². The molecule has 2 heteroatoms. The molecular formula is C23H24N2. The number of nitrogens with one attached hydrogen (secondary N) is 1. The van der Waals surface area contributed by atoms with E-state index < -0.39 is 0 Å². The number of aromatic amines is 1. The minimum atomic E-state index is 1.04. The molecule has 2 nitrogen and oxygen atoms in total. The molecule has 4 rings (SSSR count). The second kappa shape index (κ2) is 7.52. The number of rotatable bonds is 7. The molecule has 126 valence electrons. The minimum absolute atomic E-state index is 1.04. The standard InChI is InChI=1S/C23H24N2/c1(2-4-17-23-24-21-15-7-8-16-22(21)25-23)3-10-18-12-9-13-19-11-5-6-14-20(18)19/h5-9,11-16H,1-4,10,17H2,(H,24,25). The van der Waals surface area contributed by atoms with Gasteiger partial charge in [-0.1, -0.05) is 67.4 Å². The summed E-state index contributed by atoms with van der Waals surface area (Å²) in [6.07, 6.45) is 7.23. The van der Waals surface area contributed by atoms with Gasteiger partial charge >= 0.3 is 0 Å². The van der Waals surface area contributed by atoms with E-state index in [2.05, 4.69) is 70.6 Å². The van der Waals surface area contributed by atoms with E-state index in [4.69, 9.17) is 0 Å². The molecule has 0 saturated heterocycles. The van der Waals surface area contributed by atoms with E-state index in [1.54, 1.807) is 0 Å². The van der Waals surface area contributed by atoms with E-state index in [9.17, 15) is 0 Å². The van der Waals surface area contributed by atoms with Gasteiger partial charge in [0.05, 0.1) is 11.0 Å². The van der Waals surface area contributed by atoms with Crippen molar-refractivity contribution in [2.45, 2.75) is 38.5 Å². The monoisotopic (exact) mass is 328 g/mol. The van der Waals surface area contributed by atoms with Gasteiger partial charge < -0.3 is 4.98 Å². The SMILES string of the molecule is c1ccc2c(CCCCCCc3nc4ccccc4[nH]3)cccc2c1. The molecule has 0 atom stereocenters. The Kier molecular flexibility index (Phi) is 4.78. The van der Waals surface area contributed by atoms with E-state index in [0.717, 1.165) is 23.3 Å². The Hall–Kier alpha value is -2.61. The second-order valence-electron chi connectivity index (χ2n) is 6.75. The fraction of sp³-hybridized carbons (Fsp3) is 0.261. The Morgan fingerprint density at radius 3 is 2.36 bits per heavy atom. The number of unbranched alkanes of at least 4 members (excludes halogenated alkanes) is 3. The van der Waals surface area contributed by atoms with Crippen LogP contribution >= 0.6 is 0 Å². The smallest absolute Gasteiger partial charge is 0.107 e. The van der Waals surface area contributed by atoms with Crippen molar-refractivity contribution in [2.75, 3.05) is 0 Å². The number of hydrogen-bond donors (Lipinski definition) is 1. The van der Waals surface area contributed by atoms with Crippen LogP contribution in [-0.2, 0) is 12.8 Å². The Balaban J connectivity index is 1.24. The maximum Gasteiger partial charge on any atom is 0.107 e. The third-order valence-corrected chi connectivity index (χ3v) is 4.93. The number of nitrogens with zero attached hydrogens (tertiary/aromatic N) is 1. The highest BCUT2D eigenvalue weighted by atomic mass is 14.9. The summed E-state index contributed by atoms with van der Waals surface area (Å²) in [6, 6.07) is 23.6. The normalized spacial score (nSPS) is 11.4. The van der Waals surface area contributed by atoms with Crippen LogP contribution in [-0.4, -0.2) is 9.97 Å². The minimum Gasteiger partial charge on any atom is -0.342 e. The van der Waals surface area contributed by atoms with E-state index >= 15 is 0 Å². The number of aryl methyl sites for hydroxylation is 2. The number of benzene rings is 3. The summed E-state index contributed by atoms with van der Waals surface area (Å²) in [7, 11) is 0. The summed E-state index contributed by atoms with van der Waals surface area (Å²) in [5.74, 6) is 1.12. The Morgan fingerprint density at radius 1 is 0.680 bits per heavy atom. The summed E-state index contributed by atoms with van der Waals surface area (Å²) in [6.45, 7) is 0. The maximum atomic E-state index is 4.66. The molecule has 0 unspecified atom stereocenters. The van der Waals surface area contributed by atoms with Crippen LogP contribution < -0.4 is 0 Å². The summed E-state index contributed by atoms with van der Waals surface area (Å²) in [5.41, 5.74) is 3.71. The average Bonchev–Trinajstić information content (AvgIpc) is 3.07. The van der Waals surface area contributed by atoms with E-state index in [-0.39, 0.29) is 0 Å². The van der Waals surface area contributed by atoms with Crippen LogP contribution in [0.25, 0.3) is 21.8 Å². The molecule has 0 aliphatic heterocycles. The van der Waals surface area contributed by atoms with Gasteiger partial charge in [0, 0.05) is 6.42 Å². The molecule has 0 bridgehead atoms. The Morgan fingerprint density at radius 2 is 1.44 bits per heavy atom. The molecular weight excluding hydrogens is 304 g/mol. The Labute approximate surface area is 148 Å². The zero-order chi connectivity index (χ0) is 16.9. The van der Waals surface area contributed by atoms with Gasteiger partial charge in [0.25, 0.3) is 0 Å². The molecule has 1 N–H and O–H groups in total. The average molecular weight is 328 g/mol. The van der Waals surface area contributed by atoms with Gasteiger partial charge in [0.15, 0.2) is 0 Å². The third-order valence-electron chi connectivity index (χ3n) is 4.93. The van der Waals surface area contributed by atoms with E-state index in [1.807, 2.05) is 6.07 Å². The van der Waals surface area contributed by atoms with Gasteiger partial charge in [-0.05, 0) is 47.7 Å². The van der Waals surface area contributed by atoms with Crippen molar-refractivity contribution < 1.29 is 0 Å². The predicted octanol–water partition coefficient (Wildman–Crippen LogP) is 6.06. The van der Waals surface area contributed by atoms with Crippen molar-refractivity contribution in [1.82, 2.24) is 9.97 Å². The van der Waals surface area contributed by atoms with Gasteiger partial charge in [-0.3, -0.25) is 0 Å². The van der Waals surface area contributed by atoms with Crippen molar-refractivity contribution in [2.24, 2.45) is 0 Å². The largest absolute Gasteiger partial charge is 0.342 e. The van der Waals surface area contributed by atoms with E-state index in [1.165, 1.54) is 48.4 Å². The lowest BCUT2D eigenvalue weighted by Crippen LogP contribution is -1.91. The zero-order valence-corrected chi connectivity index (χ0v) is 14.5. The van der Waals surface area contributed by atoms with Gasteiger partial charge in [0.2, 0.25) is 0 Å². The fourth-order valence-corrected chi connectivity index (χ4v) is 3.60. The Bertz CT molecular complexity index is 930. The molecule has 4 aromatic rings. The van der Waals surface area contributed by atoms with Crippen LogP contribution in [0.5, 0.6) is 0 Å². The predicted molar refractivity (Wildman–Crippen MR) is 106 cm³/mol. The third kappa shape index (κ3) is 3.74. The maximum absolute atomic E-state index is 4.66. The lowest BCUT2D eigenvalue weighted by molar-refractivity contribution is 0.633. The molecule has 0 radical (unpaired) electrons. The van der Waals surface area contributed by atoms with Crippen molar-refractivity contribution >= 4 is 21.8 Å². The highest BCUT2D eigenvalue weighted by Crippen LogP contribution is 2.20. The number of aromatic nitrogens is 2. The number of para-hydroxylation sites is 2. The highest BCUT2D eigenvalue weighted by molar-refractivity contribution is 5.85. The quantitative estimate of drug-likeness (QED) is 0.410. The van der Waals surface area contributed by atoms with Crippen molar-refractivity contribution in [3.05, 3.63) is 78.1 Å². The van der Waals surface area contributed by atoms with Crippen LogP contribution in [0.4, 0.5) is 0 Å². The second-order valence-corrected chi connectivity index (χ2v) is 6.75. The molecule has 0 aliphatic carbocycles. The molecule has 0 saturated carbocycles. The first kappa shape index (κ1) is 15.9. The van der Waals surface area contributed by atoms with Crippen LogP contribution in [0, 0.1) is 0 Å². The molecule has 1 heterocycles.